The first kappa shape index (κ1) is 12.9. The Kier molecular flexibility index (Phi) is 4.20. The molecule has 87 valence electrons. The van der Waals surface area contributed by atoms with E-state index in [2.05, 4.69) is 0 Å². The summed E-state index contributed by atoms with van der Waals surface area (Å²) in [6.07, 6.45) is 1.60. The van der Waals surface area contributed by atoms with Crippen LogP contribution in [0.3, 0.4) is 0 Å². The molecule has 1 aromatic carbocycles. The van der Waals surface area contributed by atoms with Crippen LogP contribution in [0.1, 0.15) is 5.56 Å². The topological polar surface area (TPSA) is 107 Å². The van der Waals surface area contributed by atoms with Gasteiger partial charge in [0.05, 0.1) is 6.04 Å². The zero-order valence-electron chi connectivity index (χ0n) is 8.20. The Morgan fingerprint density at radius 3 is 2.31 bits per heavy atom. The molecule has 0 spiro atoms. The Balaban J connectivity index is 2.67. The van der Waals surface area contributed by atoms with Crippen LogP contribution < -0.4 is 5.09 Å². The van der Waals surface area contributed by atoms with E-state index in [0.29, 0.717) is 5.56 Å². The monoisotopic (exact) mass is 244 g/mol. The van der Waals surface area contributed by atoms with Crippen LogP contribution in [0.15, 0.2) is 24.3 Å². The van der Waals surface area contributed by atoms with Crippen molar-refractivity contribution in [2.24, 2.45) is 0 Å². The maximum absolute atomic E-state index is 10.6. The molecule has 0 amide bonds. The van der Waals surface area contributed by atoms with E-state index in [9.17, 15) is 9.36 Å². The normalized spacial score (nSPS) is 13.4. The molecule has 1 unspecified atom stereocenters. The molecule has 0 bridgehead atoms. The largest absolute Gasteiger partial charge is 0.508 e. The molecule has 6 nitrogen and oxygen atoms in total. The molecule has 0 aromatic heterocycles. The number of nitrogens with one attached hydrogen (secondary N) is 1. The maximum atomic E-state index is 10.6. The minimum atomic E-state index is -4.45. The van der Waals surface area contributed by atoms with Gasteiger partial charge in [-0.25, -0.2) is 9.65 Å². The van der Waals surface area contributed by atoms with Gasteiger partial charge < -0.3 is 14.9 Å². The summed E-state index contributed by atoms with van der Waals surface area (Å²) in [7, 11) is -4.45. The number of benzene rings is 1. The van der Waals surface area contributed by atoms with Crippen molar-refractivity contribution in [1.82, 2.24) is 5.09 Å². The zero-order chi connectivity index (χ0) is 12.2. The lowest BCUT2D eigenvalue weighted by Gasteiger charge is -2.12. The fraction of sp³-hybridized carbons (Fsp3) is 0.222. The maximum Gasteiger partial charge on any atom is 0.400 e. The average molecular weight is 244 g/mol. The minimum Gasteiger partial charge on any atom is -0.508 e. The Hall–Kier alpha value is -1.20. The number of phenolic OH excluding ortho intramolecular Hbond substituents is 1. The van der Waals surface area contributed by atoms with Gasteiger partial charge in [-0.2, -0.15) is 0 Å². The van der Waals surface area contributed by atoms with Crippen molar-refractivity contribution in [3.63, 3.8) is 0 Å². The smallest absolute Gasteiger partial charge is 0.400 e. The number of aromatic hydroxyl groups is 1. The van der Waals surface area contributed by atoms with Crippen LogP contribution in [-0.2, 0) is 15.8 Å². The van der Waals surface area contributed by atoms with Crippen molar-refractivity contribution < 1.29 is 24.3 Å². The molecule has 0 saturated carbocycles. The molecule has 1 aromatic rings. The van der Waals surface area contributed by atoms with Crippen LogP contribution in [0.25, 0.3) is 0 Å². The summed E-state index contributed by atoms with van der Waals surface area (Å²) in [4.78, 5) is 27.7. The SMILES string of the molecule is O=[C]C(Cc1ccc(O)cc1)NP(=O)(O)O. The van der Waals surface area contributed by atoms with Crippen LogP contribution in [0.2, 0.25) is 0 Å². The number of carbonyl (C=O) groups excluding carboxylic acids is 1. The van der Waals surface area contributed by atoms with Gasteiger partial charge in [-0.1, -0.05) is 12.1 Å². The molecule has 0 aliphatic heterocycles. The molecule has 0 aliphatic carbocycles. The molecule has 0 aliphatic rings. The van der Waals surface area contributed by atoms with Gasteiger partial charge in [-0.3, -0.25) is 4.79 Å². The molecule has 16 heavy (non-hydrogen) atoms. The number of hydrogen-bond donors (Lipinski definition) is 4. The Labute approximate surface area is 92.1 Å². The van der Waals surface area contributed by atoms with Crippen molar-refractivity contribution in [3.8, 4) is 5.75 Å². The lowest BCUT2D eigenvalue weighted by Crippen LogP contribution is -2.29. The Morgan fingerprint density at radius 1 is 1.31 bits per heavy atom. The van der Waals surface area contributed by atoms with Crippen LogP contribution >= 0.6 is 7.75 Å². The first-order valence-electron chi connectivity index (χ1n) is 4.39. The fourth-order valence-corrected chi connectivity index (χ4v) is 1.73. The van der Waals surface area contributed by atoms with Gasteiger partial charge in [-0.15, -0.1) is 0 Å². The highest BCUT2D eigenvalue weighted by Crippen LogP contribution is 2.29. The van der Waals surface area contributed by atoms with E-state index in [-0.39, 0.29) is 12.2 Å². The van der Waals surface area contributed by atoms with E-state index < -0.39 is 13.8 Å². The van der Waals surface area contributed by atoms with E-state index in [4.69, 9.17) is 14.9 Å². The zero-order valence-corrected chi connectivity index (χ0v) is 9.09. The molecule has 1 rings (SSSR count). The van der Waals surface area contributed by atoms with Gasteiger partial charge in [0.15, 0.2) is 0 Å². The van der Waals surface area contributed by atoms with Gasteiger partial charge >= 0.3 is 7.75 Å². The highest BCUT2D eigenvalue weighted by Gasteiger charge is 2.20. The summed E-state index contributed by atoms with van der Waals surface area (Å²) in [6, 6.07) is 4.89. The molecule has 4 N–H and O–H groups in total. The highest BCUT2D eigenvalue weighted by atomic mass is 31.2. The molecule has 7 heteroatoms. The van der Waals surface area contributed by atoms with Gasteiger partial charge in [0, 0.05) is 0 Å². The van der Waals surface area contributed by atoms with Gasteiger partial charge in [0.25, 0.3) is 0 Å². The van der Waals surface area contributed by atoms with Crippen molar-refractivity contribution in [2.45, 2.75) is 12.5 Å². The lowest BCUT2D eigenvalue weighted by molar-refractivity contribution is 0.352. The first-order chi connectivity index (χ1) is 7.40. The van der Waals surface area contributed by atoms with Crippen LogP contribution in [0.5, 0.6) is 5.75 Å². The summed E-state index contributed by atoms with van der Waals surface area (Å²) < 4.78 is 10.6. The third kappa shape index (κ3) is 4.55. The predicted molar refractivity (Wildman–Crippen MR) is 56.5 cm³/mol. The van der Waals surface area contributed by atoms with Gasteiger partial charge in [0.1, 0.15) is 5.75 Å². The first-order valence-corrected chi connectivity index (χ1v) is 6.01. The molecular formula is C9H11NO5P. The quantitative estimate of drug-likeness (QED) is 0.547. The molecule has 1 atom stereocenters. The van der Waals surface area contributed by atoms with Crippen molar-refractivity contribution in [3.05, 3.63) is 29.8 Å². The molecule has 0 heterocycles. The van der Waals surface area contributed by atoms with Gasteiger partial charge in [0.2, 0.25) is 6.29 Å². The number of rotatable bonds is 5. The third-order valence-corrected chi connectivity index (χ3v) is 2.49. The lowest BCUT2D eigenvalue weighted by atomic mass is 10.1. The second-order valence-corrected chi connectivity index (χ2v) is 4.56. The van der Waals surface area contributed by atoms with E-state index >= 15 is 0 Å². The van der Waals surface area contributed by atoms with E-state index in [1.54, 1.807) is 12.1 Å². The third-order valence-electron chi connectivity index (χ3n) is 1.84. The van der Waals surface area contributed by atoms with E-state index in [0.717, 1.165) is 0 Å². The summed E-state index contributed by atoms with van der Waals surface area (Å²) in [5.74, 6) is 0.0818. The van der Waals surface area contributed by atoms with E-state index in [1.165, 1.54) is 18.4 Å². The van der Waals surface area contributed by atoms with Crippen molar-refractivity contribution >= 4 is 14.0 Å². The summed E-state index contributed by atoms with van der Waals surface area (Å²) in [6.45, 7) is 0. The number of hydrogen-bond acceptors (Lipinski definition) is 3. The summed E-state index contributed by atoms with van der Waals surface area (Å²) in [5.41, 5.74) is 0.659. The average Bonchev–Trinajstić information content (AvgIpc) is 2.18. The fourth-order valence-electron chi connectivity index (χ4n) is 1.18. The summed E-state index contributed by atoms with van der Waals surface area (Å²) >= 11 is 0. The minimum absolute atomic E-state index is 0.0818. The van der Waals surface area contributed by atoms with Crippen LogP contribution in [0, 0.1) is 0 Å². The van der Waals surface area contributed by atoms with Crippen molar-refractivity contribution in [2.75, 3.05) is 0 Å². The Morgan fingerprint density at radius 2 is 1.88 bits per heavy atom. The second-order valence-electron chi connectivity index (χ2n) is 3.21. The van der Waals surface area contributed by atoms with Crippen molar-refractivity contribution in [1.29, 1.82) is 0 Å². The standard InChI is InChI=1S/C9H11NO5P/c11-6-8(10-16(13,14)15)5-7-1-3-9(12)4-2-7/h1-4,8,12H,5H2,(H3,10,13,14,15). The molecule has 1 radical (unpaired) electrons. The Bertz CT molecular complexity index is 399. The molecular weight excluding hydrogens is 233 g/mol. The summed E-state index contributed by atoms with van der Waals surface area (Å²) in [5, 5.41) is 10.9. The second kappa shape index (κ2) is 5.23. The van der Waals surface area contributed by atoms with Crippen LogP contribution in [0.4, 0.5) is 0 Å². The predicted octanol–water partition coefficient (Wildman–Crippen LogP) is 0.0953. The van der Waals surface area contributed by atoms with Gasteiger partial charge in [-0.05, 0) is 24.1 Å². The molecule has 0 fully saturated rings. The highest BCUT2D eigenvalue weighted by molar-refractivity contribution is 7.49. The molecule has 0 saturated heterocycles. The number of phenols is 1. The van der Waals surface area contributed by atoms with E-state index in [1.807, 2.05) is 5.09 Å². The van der Waals surface area contributed by atoms with Crippen LogP contribution in [-0.4, -0.2) is 27.2 Å².